The van der Waals surface area contributed by atoms with Crippen molar-refractivity contribution in [3.8, 4) is 78.5 Å². The zero-order chi connectivity index (χ0) is 41.7. The lowest BCUT2D eigenvalue weighted by atomic mass is 9.88. The van der Waals surface area contributed by atoms with Crippen LogP contribution in [0.4, 0.5) is 0 Å². The second-order valence-electron chi connectivity index (χ2n) is 15.9. The summed E-state index contributed by atoms with van der Waals surface area (Å²) in [6.45, 7) is 0. The molecule has 0 radical (unpaired) electrons. The third kappa shape index (κ3) is 6.36. The monoisotopic (exact) mass is 803 g/mol. The van der Waals surface area contributed by atoms with Gasteiger partial charge >= 0.3 is 0 Å². The predicted octanol–water partition coefficient (Wildman–Crippen LogP) is 15.7. The molecule has 0 saturated carbocycles. The first-order chi connectivity index (χ1) is 31.2. The van der Waals surface area contributed by atoms with E-state index in [0.717, 1.165) is 116 Å². The van der Waals surface area contributed by atoms with Gasteiger partial charge < -0.3 is 4.42 Å². The number of pyridine rings is 1. The van der Waals surface area contributed by atoms with E-state index in [2.05, 4.69) is 182 Å². The van der Waals surface area contributed by atoms with Crippen LogP contribution in [0, 0.1) is 0 Å². The number of aromatic nitrogens is 3. The van der Waals surface area contributed by atoms with E-state index in [1.165, 1.54) is 0 Å². The summed E-state index contributed by atoms with van der Waals surface area (Å²) >= 11 is 0. The van der Waals surface area contributed by atoms with Gasteiger partial charge in [-0.15, -0.1) is 0 Å². The van der Waals surface area contributed by atoms with E-state index >= 15 is 0 Å². The maximum atomic E-state index is 6.67. The first kappa shape index (κ1) is 36.4. The predicted molar refractivity (Wildman–Crippen MR) is 260 cm³/mol. The minimum atomic E-state index is 0.692. The fraction of sp³-hybridized carbons (Fsp3) is 0. The van der Waals surface area contributed by atoms with Crippen molar-refractivity contribution in [1.82, 2.24) is 15.0 Å². The molecule has 63 heavy (non-hydrogen) atoms. The highest BCUT2D eigenvalue weighted by molar-refractivity contribution is 6.27. The Morgan fingerprint density at radius 3 is 1.43 bits per heavy atom. The fourth-order valence-electron chi connectivity index (χ4n) is 9.17. The van der Waals surface area contributed by atoms with Crippen molar-refractivity contribution in [1.29, 1.82) is 0 Å². The molecule has 4 heteroatoms. The number of hydrogen-bond acceptors (Lipinski definition) is 4. The van der Waals surface area contributed by atoms with Crippen LogP contribution in [0.15, 0.2) is 229 Å². The summed E-state index contributed by atoms with van der Waals surface area (Å²) in [4.78, 5) is 15.9. The van der Waals surface area contributed by atoms with Crippen molar-refractivity contribution >= 4 is 43.6 Å². The van der Waals surface area contributed by atoms with Crippen molar-refractivity contribution in [2.45, 2.75) is 0 Å². The van der Waals surface area contributed by atoms with Gasteiger partial charge in [0.2, 0.25) is 0 Å². The lowest BCUT2D eigenvalue weighted by Gasteiger charge is -2.17. The van der Waals surface area contributed by atoms with Crippen LogP contribution in [0.1, 0.15) is 0 Å². The molecule has 12 aromatic rings. The van der Waals surface area contributed by atoms with Crippen molar-refractivity contribution in [2.24, 2.45) is 0 Å². The summed E-state index contributed by atoms with van der Waals surface area (Å²) in [7, 11) is 0. The summed E-state index contributed by atoms with van der Waals surface area (Å²) in [6, 6.07) is 78.4. The Morgan fingerprint density at radius 1 is 0.270 bits per heavy atom. The smallest absolute Gasteiger partial charge is 0.160 e. The number of para-hydroxylation sites is 2. The minimum Gasteiger partial charge on any atom is -0.456 e. The van der Waals surface area contributed by atoms with Crippen LogP contribution in [0.25, 0.3) is 122 Å². The van der Waals surface area contributed by atoms with Gasteiger partial charge in [0.25, 0.3) is 0 Å². The summed E-state index contributed by atoms with van der Waals surface area (Å²) in [6.07, 6.45) is 0. The normalized spacial score (nSPS) is 11.5. The second-order valence-corrected chi connectivity index (χ2v) is 15.9. The zero-order valence-corrected chi connectivity index (χ0v) is 34.1. The van der Waals surface area contributed by atoms with Crippen LogP contribution >= 0.6 is 0 Å². The highest BCUT2D eigenvalue weighted by Crippen LogP contribution is 2.47. The molecule has 0 aliphatic rings. The van der Waals surface area contributed by atoms with Crippen LogP contribution in [0.5, 0.6) is 0 Å². The molecule has 0 unspecified atom stereocenters. The molecule has 3 heterocycles. The van der Waals surface area contributed by atoms with Gasteiger partial charge in [-0.2, -0.15) is 0 Å². The van der Waals surface area contributed by atoms with Crippen LogP contribution < -0.4 is 0 Å². The fourth-order valence-corrected chi connectivity index (χ4v) is 9.17. The molecule has 0 N–H and O–H groups in total. The first-order valence-corrected chi connectivity index (χ1v) is 21.3. The topological polar surface area (TPSA) is 51.8 Å². The maximum Gasteiger partial charge on any atom is 0.160 e. The summed E-state index contributed by atoms with van der Waals surface area (Å²) < 4.78 is 6.67. The van der Waals surface area contributed by atoms with E-state index in [1.54, 1.807) is 0 Å². The van der Waals surface area contributed by atoms with Gasteiger partial charge in [-0.05, 0) is 46.5 Å². The van der Waals surface area contributed by atoms with Crippen molar-refractivity contribution in [3.63, 3.8) is 0 Å². The number of rotatable bonds is 7. The van der Waals surface area contributed by atoms with Gasteiger partial charge in [0, 0.05) is 60.3 Å². The SMILES string of the molecule is c1ccc(-c2nc(-c3ccccc3)c(-c3ccc(-c4cccc(-c5c6c(cc7c(-c8ccccc8)nc8ccccc8c57)oc5ccccc56)c4)cc3)c(-c3ccccc3)n2)cc1. The molecular formula is C59H37N3O. The molecule has 0 bridgehead atoms. The van der Waals surface area contributed by atoms with E-state index in [1.807, 2.05) is 42.5 Å². The average Bonchev–Trinajstić information content (AvgIpc) is 3.74. The Labute approximate surface area is 364 Å². The first-order valence-electron chi connectivity index (χ1n) is 21.3. The lowest BCUT2D eigenvalue weighted by molar-refractivity contribution is 0.669. The van der Waals surface area contributed by atoms with Crippen molar-refractivity contribution < 1.29 is 4.42 Å². The molecule has 0 amide bonds. The lowest BCUT2D eigenvalue weighted by Crippen LogP contribution is -2.00. The van der Waals surface area contributed by atoms with E-state index < -0.39 is 0 Å². The summed E-state index contributed by atoms with van der Waals surface area (Å²) in [5, 5.41) is 5.51. The van der Waals surface area contributed by atoms with Crippen LogP contribution in [0.3, 0.4) is 0 Å². The van der Waals surface area contributed by atoms with E-state index in [-0.39, 0.29) is 0 Å². The van der Waals surface area contributed by atoms with Crippen LogP contribution in [-0.4, -0.2) is 15.0 Å². The number of fused-ring (bicyclic) bond motifs is 6. The Morgan fingerprint density at radius 2 is 0.778 bits per heavy atom. The Bertz CT molecular complexity index is 3580. The zero-order valence-electron chi connectivity index (χ0n) is 34.1. The molecule has 0 spiro atoms. The molecule has 0 atom stereocenters. The van der Waals surface area contributed by atoms with Crippen molar-refractivity contribution in [3.05, 3.63) is 224 Å². The molecule has 12 rings (SSSR count). The second kappa shape index (κ2) is 15.2. The van der Waals surface area contributed by atoms with E-state index in [4.69, 9.17) is 19.4 Å². The molecule has 9 aromatic carbocycles. The molecule has 0 saturated heterocycles. The summed E-state index contributed by atoms with van der Waals surface area (Å²) in [5.41, 5.74) is 16.0. The third-order valence-electron chi connectivity index (χ3n) is 12.1. The average molecular weight is 804 g/mol. The van der Waals surface area contributed by atoms with Gasteiger partial charge in [0.1, 0.15) is 11.2 Å². The quantitative estimate of drug-likeness (QED) is 0.151. The third-order valence-corrected chi connectivity index (χ3v) is 12.1. The number of hydrogen-bond donors (Lipinski definition) is 0. The Hall–Kier alpha value is -8.47. The van der Waals surface area contributed by atoms with Crippen LogP contribution in [-0.2, 0) is 0 Å². The van der Waals surface area contributed by atoms with Crippen LogP contribution in [0.2, 0.25) is 0 Å². The molecule has 294 valence electrons. The van der Waals surface area contributed by atoms with Gasteiger partial charge in [-0.3, -0.25) is 0 Å². The molecule has 0 fully saturated rings. The highest BCUT2D eigenvalue weighted by atomic mass is 16.3. The molecule has 4 nitrogen and oxygen atoms in total. The van der Waals surface area contributed by atoms with Gasteiger partial charge in [0.05, 0.1) is 22.6 Å². The van der Waals surface area contributed by atoms with E-state index in [9.17, 15) is 0 Å². The highest BCUT2D eigenvalue weighted by Gasteiger charge is 2.23. The standard InChI is InChI=1S/C59H37N3O/c1-5-18-40(19-6-1)56-48-37-51-55(47-29-14-16-31-50(47)63-51)52(54(48)46-28-13-15-30-49(46)60-56)45-27-17-26-44(36-45)38-32-34-39(35-33-38)53-57(41-20-7-2-8-21-41)61-59(43-24-11-4-12-25-43)62-58(53)42-22-9-3-10-23-42/h1-37H. The Kier molecular flexibility index (Phi) is 8.79. The maximum absolute atomic E-state index is 6.67. The molecule has 3 aromatic heterocycles. The van der Waals surface area contributed by atoms with Gasteiger partial charge in [-0.1, -0.05) is 200 Å². The van der Waals surface area contributed by atoms with Crippen molar-refractivity contribution in [2.75, 3.05) is 0 Å². The minimum absolute atomic E-state index is 0.692. The summed E-state index contributed by atoms with van der Waals surface area (Å²) in [5.74, 6) is 0.692. The van der Waals surface area contributed by atoms with Gasteiger partial charge in [0.15, 0.2) is 5.82 Å². The van der Waals surface area contributed by atoms with Gasteiger partial charge in [-0.25, -0.2) is 15.0 Å². The number of furan rings is 1. The Balaban J connectivity index is 1.06. The molecule has 0 aliphatic carbocycles. The largest absolute Gasteiger partial charge is 0.456 e. The molecule has 0 aliphatic heterocycles. The van der Waals surface area contributed by atoms with E-state index in [0.29, 0.717) is 5.82 Å². The molecular weight excluding hydrogens is 767 g/mol. The number of benzene rings is 9. The number of nitrogens with zero attached hydrogens (tertiary/aromatic N) is 3.